The van der Waals surface area contributed by atoms with Crippen molar-refractivity contribution in [2.45, 2.75) is 283 Å². The van der Waals surface area contributed by atoms with Crippen LogP contribution in [-0.4, -0.2) is 68.5 Å². The van der Waals surface area contributed by atoms with E-state index in [1.54, 1.807) is 6.08 Å². The van der Waals surface area contributed by atoms with Crippen LogP contribution in [0, 0.1) is 0 Å². The Balaban J connectivity index is 4.28. The molecular formula is C59H113N2O6P. The van der Waals surface area contributed by atoms with Crippen LogP contribution in [0.2, 0.25) is 0 Å². The minimum absolute atomic E-state index is 0.00931. The van der Waals surface area contributed by atoms with E-state index in [2.05, 4.69) is 55.6 Å². The fourth-order valence-electron chi connectivity index (χ4n) is 8.42. The van der Waals surface area contributed by atoms with E-state index in [0.717, 1.165) is 44.9 Å². The fraction of sp³-hybridized carbons (Fsp3) is 0.847. The maximum Gasteiger partial charge on any atom is 0.268 e. The topological polar surface area (TPSA) is 108 Å². The highest BCUT2D eigenvalue weighted by molar-refractivity contribution is 7.45. The number of aliphatic hydroxyl groups excluding tert-OH is 1. The molecule has 0 rings (SSSR count). The third-order valence-corrected chi connectivity index (χ3v) is 14.0. The maximum absolute atomic E-state index is 13.0. The van der Waals surface area contributed by atoms with Gasteiger partial charge in [-0.3, -0.25) is 9.36 Å². The Kier molecular flexibility index (Phi) is 49.3. The Morgan fingerprint density at radius 1 is 0.500 bits per heavy atom. The van der Waals surface area contributed by atoms with Crippen molar-refractivity contribution in [3.05, 3.63) is 48.6 Å². The summed E-state index contributed by atoms with van der Waals surface area (Å²) in [6, 6.07) is -0.911. The van der Waals surface area contributed by atoms with Crippen LogP contribution in [0.5, 0.6) is 0 Å². The van der Waals surface area contributed by atoms with Gasteiger partial charge in [-0.2, -0.15) is 0 Å². The number of amides is 1. The van der Waals surface area contributed by atoms with Crippen LogP contribution in [0.15, 0.2) is 48.6 Å². The number of rotatable bonds is 53. The second-order valence-electron chi connectivity index (χ2n) is 21.0. The van der Waals surface area contributed by atoms with Gasteiger partial charge in [0.15, 0.2) is 0 Å². The Morgan fingerprint density at radius 3 is 1.19 bits per heavy atom. The molecule has 0 aliphatic heterocycles. The molecule has 3 atom stereocenters. The van der Waals surface area contributed by atoms with E-state index in [1.807, 2.05) is 27.2 Å². The normalized spacial score (nSPS) is 14.3. The predicted molar refractivity (Wildman–Crippen MR) is 293 cm³/mol. The number of carbonyl (C=O) groups excluding carboxylic acids is 1. The molecule has 0 aromatic carbocycles. The third-order valence-electron chi connectivity index (χ3n) is 13.0. The van der Waals surface area contributed by atoms with Crippen LogP contribution in [0.1, 0.15) is 271 Å². The van der Waals surface area contributed by atoms with Gasteiger partial charge in [-0.15, -0.1) is 0 Å². The van der Waals surface area contributed by atoms with Gasteiger partial charge in [0.25, 0.3) is 7.82 Å². The number of hydrogen-bond acceptors (Lipinski definition) is 6. The lowest BCUT2D eigenvalue weighted by molar-refractivity contribution is -0.870. The number of nitrogens with zero attached hydrogens (tertiary/aromatic N) is 1. The lowest BCUT2D eigenvalue weighted by atomic mass is 10.0. The standard InChI is InChI=1S/C59H113N2O6P/c1-6-8-10-12-14-16-18-20-22-24-26-28-30-32-34-36-38-40-42-44-46-48-50-52-58(62)57(56-67-68(64,65)66-55-54-61(3,4)5)60-59(63)53-51-49-47-45-43-41-39-37-35-33-31-29-27-25-23-21-19-17-15-13-11-9-7-2/h25,27,34,36,42,44,50,52,57-58,62H,6-24,26,28-33,35,37-41,43,45-49,51,53-56H2,1-5H3,(H-,60,63,64,65)/b27-25-,36-34+,44-42+,52-50+. The molecule has 8 nitrogen and oxygen atoms in total. The molecule has 9 heteroatoms. The van der Waals surface area contributed by atoms with Crippen molar-refractivity contribution in [3.63, 3.8) is 0 Å². The van der Waals surface area contributed by atoms with Gasteiger partial charge in [-0.1, -0.05) is 242 Å². The molecule has 0 radical (unpaired) electrons. The minimum Gasteiger partial charge on any atom is -0.756 e. The van der Waals surface area contributed by atoms with Gasteiger partial charge in [-0.25, -0.2) is 0 Å². The first-order valence-electron chi connectivity index (χ1n) is 29.0. The van der Waals surface area contributed by atoms with Crippen LogP contribution >= 0.6 is 7.82 Å². The van der Waals surface area contributed by atoms with E-state index < -0.39 is 26.6 Å². The molecule has 0 aliphatic carbocycles. The Morgan fingerprint density at radius 2 is 0.824 bits per heavy atom. The van der Waals surface area contributed by atoms with Crippen molar-refractivity contribution in [3.8, 4) is 0 Å². The van der Waals surface area contributed by atoms with E-state index in [1.165, 1.54) is 205 Å². The van der Waals surface area contributed by atoms with E-state index in [9.17, 15) is 19.4 Å². The quantitative estimate of drug-likeness (QED) is 0.0272. The molecule has 0 aliphatic rings. The van der Waals surface area contributed by atoms with Gasteiger partial charge < -0.3 is 28.8 Å². The summed E-state index contributed by atoms with van der Waals surface area (Å²) in [7, 11) is 1.24. The predicted octanol–water partition coefficient (Wildman–Crippen LogP) is 16.9. The Hall–Kier alpha value is -1.54. The number of hydrogen-bond donors (Lipinski definition) is 2. The molecule has 0 fully saturated rings. The Labute approximate surface area is 422 Å². The maximum atomic E-state index is 13.0. The molecule has 2 N–H and O–H groups in total. The van der Waals surface area contributed by atoms with Crippen LogP contribution < -0.4 is 10.2 Å². The summed E-state index contributed by atoms with van der Waals surface area (Å²) < 4.78 is 23.3. The first-order valence-corrected chi connectivity index (χ1v) is 30.5. The summed E-state index contributed by atoms with van der Waals surface area (Å²) in [5.41, 5.74) is 0. The van der Waals surface area contributed by atoms with Crippen molar-refractivity contribution in [1.82, 2.24) is 5.32 Å². The van der Waals surface area contributed by atoms with E-state index in [4.69, 9.17) is 9.05 Å². The fourth-order valence-corrected chi connectivity index (χ4v) is 9.14. The van der Waals surface area contributed by atoms with Crippen molar-refractivity contribution in [1.29, 1.82) is 0 Å². The number of phosphoric ester groups is 1. The lowest BCUT2D eigenvalue weighted by Gasteiger charge is -2.29. The summed E-state index contributed by atoms with van der Waals surface area (Å²) in [5, 5.41) is 13.9. The number of likely N-dealkylation sites (N-methyl/N-ethyl adjacent to an activating group) is 1. The molecule has 0 saturated heterocycles. The number of nitrogens with one attached hydrogen (secondary N) is 1. The van der Waals surface area contributed by atoms with Gasteiger partial charge in [0, 0.05) is 6.42 Å². The molecule has 0 saturated carbocycles. The average molecular weight is 978 g/mol. The van der Waals surface area contributed by atoms with Crippen LogP contribution in [-0.2, 0) is 18.4 Å². The molecule has 0 spiro atoms. The molecule has 3 unspecified atom stereocenters. The number of allylic oxidation sites excluding steroid dienone is 7. The minimum atomic E-state index is -4.61. The van der Waals surface area contributed by atoms with Crippen LogP contribution in [0.25, 0.3) is 0 Å². The number of unbranched alkanes of at least 4 members (excludes halogenated alkanes) is 34. The SMILES string of the molecule is CCCCCCCCCC/C=C\CCCCCCCCCCCCCC(=O)NC(COP(=O)([O-])OCC[N+](C)(C)C)C(O)/C=C/CC/C=C/CC/C=C/CCCCCCCCCCCCCCC. The summed E-state index contributed by atoms with van der Waals surface area (Å²) in [6.45, 7) is 4.65. The van der Waals surface area contributed by atoms with Gasteiger partial charge in [0.05, 0.1) is 39.9 Å². The second kappa shape index (κ2) is 50.4. The van der Waals surface area contributed by atoms with E-state index in [0.29, 0.717) is 17.4 Å². The highest BCUT2D eigenvalue weighted by Crippen LogP contribution is 2.38. The highest BCUT2D eigenvalue weighted by Gasteiger charge is 2.23. The molecule has 400 valence electrons. The monoisotopic (exact) mass is 977 g/mol. The molecule has 0 heterocycles. The van der Waals surface area contributed by atoms with Crippen LogP contribution in [0.3, 0.4) is 0 Å². The van der Waals surface area contributed by atoms with Crippen molar-refractivity contribution in [2.75, 3.05) is 40.9 Å². The third kappa shape index (κ3) is 52.3. The van der Waals surface area contributed by atoms with Crippen molar-refractivity contribution >= 4 is 13.7 Å². The van der Waals surface area contributed by atoms with Crippen LogP contribution in [0.4, 0.5) is 0 Å². The molecule has 68 heavy (non-hydrogen) atoms. The van der Waals surface area contributed by atoms with Gasteiger partial charge in [-0.05, 0) is 70.6 Å². The summed E-state index contributed by atoms with van der Waals surface area (Å²) >= 11 is 0. The summed E-state index contributed by atoms with van der Waals surface area (Å²) in [6.07, 6.45) is 66.2. The van der Waals surface area contributed by atoms with Crippen molar-refractivity contribution < 1.29 is 32.9 Å². The average Bonchev–Trinajstić information content (AvgIpc) is 3.30. The molecular weight excluding hydrogens is 864 g/mol. The number of aliphatic hydroxyl groups is 1. The number of carbonyl (C=O) groups is 1. The zero-order valence-corrected chi connectivity index (χ0v) is 46.5. The lowest BCUT2D eigenvalue weighted by Crippen LogP contribution is -2.45. The first-order chi connectivity index (χ1) is 33.0. The summed E-state index contributed by atoms with van der Waals surface area (Å²) in [5.74, 6) is -0.210. The molecule has 0 bridgehead atoms. The molecule has 0 aromatic heterocycles. The molecule has 1 amide bonds. The van der Waals surface area contributed by atoms with Gasteiger partial charge in [0.2, 0.25) is 5.91 Å². The zero-order chi connectivity index (χ0) is 49.9. The second-order valence-corrected chi connectivity index (χ2v) is 22.4. The molecule has 0 aromatic rings. The van der Waals surface area contributed by atoms with E-state index >= 15 is 0 Å². The van der Waals surface area contributed by atoms with Gasteiger partial charge >= 0.3 is 0 Å². The number of phosphoric acid groups is 1. The largest absolute Gasteiger partial charge is 0.756 e. The Bertz CT molecular complexity index is 1250. The van der Waals surface area contributed by atoms with Crippen molar-refractivity contribution in [2.24, 2.45) is 0 Å². The van der Waals surface area contributed by atoms with Gasteiger partial charge in [0.1, 0.15) is 13.2 Å². The smallest absolute Gasteiger partial charge is 0.268 e. The first kappa shape index (κ1) is 66.5. The number of quaternary nitrogens is 1. The summed E-state index contributed by atoms with van der Waals surface area (Å²) in [4.78, 5) is 25.5. The van der Waals surface area contributed by atoms with E-state index in [-0.39, 0.29) is 12.5 Å². The highest BCUT2D eigenvalue weighted by atomic mass is 31.2. The zero-order valence-electron chi connectivity index (χ0n) is 45.6.